The topological polar surface area (TPSA) is 52.6 Å². The van der Waals surface area contributed by atoms with Crippen LogP contribution >= 0.6 is 0 Å². The molecule has 0 radical (unpaired) electrons. The molecule has 2 N–H and O–H groups in total. The van der Waals surface area contributed by atoms with Crippen LogP contribution in [0.5, 0.6) is 0 Å². The summed E-state index contributed by atoms with van der Waals surface area (Å²) in [5.74, 6) is -1.63. The normalized spacial score (nSPS) is 20.0. The van der Waals surface area contributed by atoms with Gasteiger partial charge in [0.05, 0.1) is 11.3 Å². The molecular weight excluding hydrogens is 235 g/mol. The second kappa shape index (κ2) is 5.35. The van der Waals surface area contributed by atoms with E-state index in [1.54, 1.807) is 0 Å². The van der Waals surface area contributed by atoms with Crippen LogP contribution < -0.4 is 5.32 Å². The van der Waals surface area contributed by atoms with Crippen molar-refractivity contribution in [1.82, 2.24) is 4.90 Å². The van der Waals surface area contributed by atoms with Gasteiger partial charge in [-0.05, 0) is 44.6 Å². The Kier molecular flexibility index (Phi) is 3.81. The van der Waals surface area contributed by atoms with Gasteiger partial charge in [0, 0.05) is 12.6 Å². The van der Waals surface area contributed by atoms with Crippen LogP contribution in [0, 0.1) is 5.82 Å². The fourth-order valence-electron chi connectivity index (χ4n) is 2.26. The van der Waals surface area contributed by atoms with Gasteiger partial charge < -0.3 is 15.3 Å². The molecule has 1 unspecified atom stereocenters. The SMILES string of the molecule is CN1CCCC1CNc1ccc(C(=O)O)cc1F. The Hall–Kier alpha value is -1.62. The van der Waals surface area contributed by atoms with Crippen LogP contribution in [0.15, 0.2) is 18.2 Å². The van der Waals surface area contributed by atoms with Crippen LogP contribution in [0.3, 0.4) is 0 Å². The van der Waals surface area contributed by atoms with Gasteiger partial charge in [-0.25, -0.2) is 9.18 Å². The maximum atomic E-state index is 13.6. The number of rotatable bonds is 4. The van der Waals surface area contributed by atoms with Crippen molar-refractivity contribution in [2.24, 2.45) is 0 Å². The van der Waals surface area contributed by atoms with Crippen molar-refractivity contribution in [2.75, 3.05) is 25.5 Å². The Morgan fingerprint density at radius 1 is 1.61 bits per heavy atom. The summed E-state index contributed by atoms with van der Waals surface area (Å²) in [6.45, 7) is 1.76. The summed E-state index contributed by atoms with van der Waals surface area (Å²) < 4.78 is 13.6. The Labute approximate surface area is 105 Å². The highest BCUT2D eigenvalue weighted by atomic mass is 19.1. The van der Waals surface area contributed by atoms with Gasteiger partial charge in [0.15, 0.2) is 0 Å². The van der Waals surface area contributed by atoms with Gasteiger partial charge in [-0.1, -0.05) is 0 Å². The molecule has 0 amide bonds. The molecule has 1 atom stereocenters. The van der Waals surface area contributed by atoms with Gasteiger partial charge in [0.2, 0.25) is 0 Å². The lowest BCUT2D eigenvalue weighted by Crippen LogP contribution is -2.31. The van der Waals surface area contributed by atoms with E-state index in [0.717, 1.165) is 19.0 Å². The first-order chi connectivity index (χ1) is 8.58. The minimum atomic E-state index is -1.11. The van der Waals surface area contributed by atoms with E-state index >= 15 is 0 Å². The summed E-state index contributed by atoms with van der Waals surface area (Å²) in [6.07, 6.45) is 2.28. The Balaban J connectivity index is 1.99. The van der Waals surface area contributed by atoms with Gasteiger partial charge in [-0.3, -0.25) is 0 Å². The minimum absolute atomic E-state index is 0.0314. The Morgan fingerprint density at radius 3 is 2.94 bits per heavy atom. The maximum absolute atomic E-state index is 13.6. The number of benzene rings is 1. The lowest BCUT2D eigenvalue weighted by atomic mass is 10.2. The van der Waals surface area contributed by atoms with Crippen LogP contribution in [-0.4, -0.2) is 42.2 Å². The summed E-state index contributed by atoms with van der Waals surface area (Å²) in [5, 5.41) is 11.8. The number of anilines is 1. The Bertz CT molecular complexity index is 451. The molecule has 1 aliphatic heterocycles. The van der Waals surface area contributed by atoms with Crippen molar-refractivity contribution < 1.29 is 14.3 Å². The number of carboxylic acid groups (broad SMARTS) is 1. The van der Waals surface area contributed by atoms with E-state index in [2.05, 4.69) is 17.3 Å². The molecule has 98 valence electrons. The maximum Gasteiger partial charge on any atom is 0.335 e. The van der Waals surface area contributed by atoms with Gasteiger partial charge >= 0.3 is 5.97 Å². The number of nitrogens with zero attached hydrogens (tertiary/aromatic N) is 1. The van der Waals surface area contributed by atoms with Gasteiger partial charge in [-0.15, -0.1) is 0 Å². The Morgan fingerprint density at radius 2 is 2.39 bits per heavy atom. The number of halogens is 1. The van der Waals surface area contributed by atoms with E-state index in [0.29, 0.717) is 18.3 Å². The molecule has 18 heavy (non-hydrogen) atoms. The average Bonchev–Trinajstić information content (AvgIpc) is 2.73. The molecule has 1 fully saturated rings. The molecule has 1 saturated heterocycles. The predicted molar refractivity (Wildman–Crippen MR) is 67.5 cm³/mol. The third kappa shape index (κ3) is 2.79. The fraction of sp³-hybridized carbons (Fsp3) is 0.462. The van der Waals surface area contributed by atoms with Crippen molar-refractivity contribution in [2.45, 2.75) is 18.9 Å². The molecule has 1 heterocycles. The minimum Gasteiger partial charge on any atom is -0.478 e. The average molecular weight is 252 g/mol. The lowest BCUT2D eigenvalue weighted by Gasteiger charge is -2.20. The zero-order chi connectivity index (χ0) is 13.1. The fourth-order valence-corrected chi connectivity index (χ4v) is 2.26. The third-order valence-electron chi connectivity index (χ3n) is 3.42. The van der Waals surface area contributed by atoms with Crippen molar-refractivity contribution in [3.8, 4) is 0 Å². The number of hydrogen-bond acceptors (Lipinski definition) is 3. The molecule has 4 nitrogen and oxygen atoms in total. The number of nitrogens with one attached hydrogen (secondary N) is 1. The van der Waals surface area contributed by atoms with E-state index in [9.17, 15) is 9.18 Å². The molecule has 0 saturated carbocycles. The lowest BCUT2D eigenvalue weighted by molar-refractivity contribution is 0.0696. The molecule has 1 aliphatic rings. The third-order valence-corrected chi connectivity index (χ3v) is 3.42. The van der Waals surface area contributed by atoms with Gasteiger partial charge in [-0.2, -0.15) is 0 Å². The van der Waals surface area contributed by atoms with Gasteiger partial charge in [0.25, 0.3) is 0 Å². The second-order valence-corrected chi connectivity index (χ2v) is 4.66. The molecular formula is C13H17FN2O2. The molecule has 0 spiro atoms. The van der Waals surface area contributed by atoms with Crippen LogP contribution in [0.1, 0.15) is 23.2 Å². The van der Waals surface area contributed by atoms with Gasteiger partial charge in [0.1, 0.15) is 5.82 Å². The highest BCUT2D eigenvalue weighted by Gasteiger charge is 2.20. The first-order valence-electron chi connectivity index (χ1n) is 6.05. The first kappa shape index (κ1) is 12.8. The van der Waals surface area contributed by atoms with Crippen molar-refractivity contribution in [3.63, 3.8) is 0 Å². The van der Waals surface area contributed by atoms with E-state index in [1.807, 2.05) is 0 Å². The molecule has 5 heteroatoms. The number of likely N-dealkylation sites (tertiary alicyclic amines) is 1. The van der Waals surface area contributed by atoms with Crippen LogP contribution in [0.4, 0.5) is 10.1 Å². The number of carboxylic acids is 1. The van der Waals surface area contributed by atoms with Crippen molar-refractivity contribution in [3.05, 3.63) is 29.6 Å². The van der Waals surface area contributed by atoms with E-state index < -0.39 is 11.8 Å². The number of aromatic carboxylic acids is 1. The smallest absolute Gasteiger partial charge is 0.335 e. The zero-order valence-corrected chi connectivity index (χ0v) is 10.3. The summed E-state index contributed by atoms with van der Waals surface area (Å²) >= 11 is 0. The molecule has 0 aliphatic carbocycles. The number of hydrogen-bond donors (Lipinski definition) is 2. The summed E-state index contributed by atoms with van der Waals surface area (Å²) in [7, 11) is 2.06. The molecule has 1 aromatic carbocycles. The summed E-state index contributed by atoms with van der Waals surface area (Å²) in [6, 6.07) is 4.35. The molecule has 2 rings (SSSR count). The molecule has 0 aromatic heterocycles. The summed E-state index contributed by atoms with van der Waals surface area (Å²) in [4.78, 5) is 12.9. The van der Waals surface area contributed by atoms with Crippen LogP contribution in [0.25, 0.3) is 0 Å². The van der Waals surface area contributed by atoms with E-state index in [1.165, 1.54) is 18.6 Å². The van der Waals surface area contributed by atoms with Crippen molar-refractivity contribution >= 4 is 11.7 Å². The largest absolute Gasteiger partial charge is 0.478 e. The van der Waals surface area contributed by atoms with Crippen molar-refractivity contribution in [1.29, 1.82) is 0 Å². The van der Waals surface area contributed by atoms with Crippen LogP contribution in [-0.2, 0) is 0 Å². The monoisotopic (exact) mass is 252 g/mol. The quantitative estimate of drug-likeness (QED) is 0.861. The highest BCUT2D eigenvalue weighted by Crippen LogP contribution is 2.19. The number of carbonyl (C=O) groups is 1. The predicted octanol–water partition coefficient (Wildman–Crippen LogP) is 2.03. The van der Waals surface area contributed by atoms with E-state index in [-0.39, 0.29) is 5.56 Å². The standard InChI is InChI=1S/C13H17FN2O2/c1-16-6-2-3-10(16)8-15-12-5-4-9(13(17)18)7-11(12)14/h4-5,7,10,15H,2-3,6,8H2,1H3,(H,17,18). The number of likely N-dealkylation sites (N-methyl/N-ethyl adjacent to an activating group) is 1. The van der Waals surface area contributed by atoms with Crippen LogP contribution in [0.2, 0.25) is 0 Å². The molecule has 0 bridgehead atoms. The second-order valence-electron chi connectivity index (χ2n) is 4.66. The van der Waals surface area contributed by atoms with E-state index in [4.69, 9.17) is 5.11 Å². The highest BCUT2D eigenvalue weighted by molar-refractivity contribution is 5.88. The summed E-state index contributed by atoms with van der Waals surface area (Å²) in [5.41, 5.74) is 0.330. The first-order valence-corrected chi connectivity index (χ1v) is 6.05. The molecule has 1 aromatic rings. The zero-order valence-electron chi connectivity index (χ0n) is 10.3.